The fraction of sp³-hybridized carbons (Fsp3) is 0.0909. The third-order valence-electron chi connectivity index (χ3n) is 14.0. The molecule has 0 heterocycles. The predicted molar refractivity (Wildman–Crippen MR) is 294 cm³/mol. The molecule has 0 amide bonds. The van der Waals surface area contributed by atoms with Crippen LogP contribution in [0.2, 0.25) is 0 Å². The first-order valence-electron chi connectivity index (χ1n) is 23.5. The van der Waals surface area contributed by atoms with E-state index in [-0.39, 0.29) is 10.8 Å². The minimum absolute atomic E-state index is 0.170. The Bertz CT molecular complexity index is 3140. The third kappa shape index (κ3) is 8.54. The second kappa shape index (κ2) is 18.2. The highest BCUT2D eigenvalue weighted by molar-refractivity contribution is 5.91. The highest BCUT2D eigenvalue weighted by Gasteiger charge is 2.25. The molecule has 10 aromatic rings. The summed E-state index contributed by atoms with van der Waals surface area (Å²) >= 11 is 0. The number of hydrogen-bond acceptors (Lipinski definition) is 2. The lowest BCUT2D eigenvalue weighted by molar-refractivity contribution is 0.641. The van der Waals surface area contributed by atoms with Gasteiger partial charge in [0.1, 0.15) is 0 Å². The van der Waals surface area contributed by atoms with E-state index in [2.05, 4.69) is 281 Å². The Balaban J connectivity index is 0.968. The number of rotatable bonds is 13. The number of fused-ring (bicyclic) bond motifs is 2. The van der Waals surface area contributed by atoms with E-state index in [4.69, 9.17) is 0 Å². The van der Waals surface area contributed by atoms with Crippen molar-refractivity contribution in [2.75, 3.05) is 9.80 Å². The van der Waals surface area contributed by atoms with Crippen molar-refractivity contribution >= 4 is 67.8 Å². The van der Waals surface area contributed by atoms with Gasteiger partial charge in [-0.25, -0.2) is 0 Å². The van der Waals surface area contributed by atoms with Crippen LogP contribution in [-0.4, -0.2) is 0 Å². The van der Waals surface area contributed by atoms with Crippen LogP contribution in [0.3, 0.4) is 0 Å². The zero-order valence-corrected chi connectivity index (χ0v) is 39.4. The summed E-state index contributed by atoms with van der Waals surface area (Å²) in [5.41, 5.74) is 15.9. The summed E-state index contributed by atoms with van der Waals surface area (Å²) in [6.07, 6.45) is 3.79. The van der Waals surface area contributed by atoms with Gasteiger partial charge in [-0.05, 0) is 139 Å². The van der Waals surface area contributed by atoms with Gasteiger partial charge in [-0.3, -0.25) is 0 Å². The number of benzene rings is 10. The average Bonchev–Trinajstić information content (AvgIpc) is 3.39. The largest absolute Gasteiger partial charge is 0.310 e. The van der Waals surface area contributed by atoms with Crippen molar-refractivity contribution in [1.82, 2.24) is 0 Å². The Kier molecular flexibility index (Phi) is 11.7. The van der Waals surface area contributed by atoms with Crippen molar-refractivity contribution in [3.8, 4) is 11.1 Å². The van der Waals surface area contributed by atoms with Crippen molar-refractivity contribution in [3.05, 3.63) is 277 Å². The van der Waals surface area contributed by atoms with E-state index in [1.165, 1.54) is 43.8 Å². The molecule has 10 rings (SSSR count). The van der Waals surface area contributed by atoms with Crippen molar-refractivity contribution in [2.24, 2.45) is 0 Å². The zero-order valence-electron chi connectivity index (χ0n) is 39.4. The molecule has 0 aliphatic rings. The summed E-state index contributed by atoms with van der Waals surface area (Å²) < 4.78 is 0. The molecule has 2 heteroatoms. The lowest BCUT2D eigenvalue weighted by atomic mass is 9.78. The van der Waals surface area contributed by atoms with E-state index in [0.717, 1.165) is 56.4 Å². The summed E-state index contributed by atoms with van der Waals surface area (Å²) in [4.78, 5) is 4.72. The second-order valence-corrected chi connectivity index (χ2v) is 18.8. The maximum absolute atomic E-state index is 3.94. The van der Waals surface area contributed by atoms with E-state index in [0.29, 0.717) is 0 Å². The monoisotopic (exact) mass is 876 g/mol. The minimum atomic E-state index is -0.170. The Morgan fingerprint density at radius 2 is 0.559 bits per heavy atom. The van der Waals surface area contributed by atoms with Gasteiger partial charge in [-0.1, -0.05) is 211 Å². The topological polar surface area (TPSA) is 6.48 Å². The van der Waals surface area contributed by atoms with Crippen LogP contribution in [0.1, 0.15) is 61.1 Å². The van der Waals surface area contributed by atoms with E-state index in [1.54, 1.807) is 0 Å². The summed E-state index contributed by atoms with van der Waals surface area (Å²) in [5.74, 6) is 0. The summed E-state index contributed by atoms with van der Waals surface area (Å²) in [7, 11) is 0. The smallest absolute Gasteiger partial charge is 0.0468 e. The highest BCUT2D eigenvalue weighted by Crippen LogP contribution is 2.42. The molecule has 2 nitrogen and oxygen atoms in total. The molecule has 0 aliphatic heterocycles. The molecular weight excluding hydrogens is 821 g/mol. The van der Waals surface area contributed by atoms with E-state index < -0.39 is 0 Å². The first-order valence-corrected chi connectivity index (χ1v) is 23.5. The van der Waals surface area contributed by atoms with Gasteiger partial charge >= 0.3 is 0 Å². The Hall–Kier alpha value is -8.20. The molecule has 10 aromatic carbocycles. The predicted octanol–water partition coefficient (Wildman–Crippen LogP) is 18.5. The first kappa shape index (κ1) is 43.7. The summed E-state index contributed by atoms with van der Waals surface area (Å²) in [6.45, 7) is 17.1. The molecule has 330 valence electrons. The number of hydrogen-bond donors (Lipinski definition) is 0. The minimum Gasteiger partial charge on any atom is -0.310 e. The maximum atomic E-state index is 3.94. The summed E-state index contributed by atoms with van der Waals surface area (Å²) in [5, 5.41) is 4.86. The van der Waals surface area contributed by atoms with Gasteiger partial charge in [0.15, 0.2) is 0 Å². The molecule has 0 aliphatic carbocycles. The molecule has 68 heavy (non-hydrogen) atoms. The van der Waals surface area contributed by atoms with Crippen LogP contribution in [0.5, 0.6) is 0 Å². The average molecular weight is 877 g/mol. The van der Waals surface area contributed by atoms with Crippen LogP contribution >= 0.6 is 0 Å². The third-order valence-corrected chi connectivity index (χ3v) is 14.0. The normalized spacial score (nSPS) is 11.6. The fourth-order valence-electron chi connectivity index (χ4n) is 9.59. The fourth-order valence-corrected chi connectivity index (χ4v) is 9.59. The van der Waals surface area contributed by atoms with Crippen LogP contribution < -0.4 is 9.80 Å². The molecule has 0 spiro atoms. The van der Waals surface area contributed by atoms with Gasteiger partial charge in [0.2, 0.25) is 0 Å². The van der Waals surface area contributed by atoms with Gasteiger partial charge in [0.25, 0.3) is 0 Å². The first-order chi connectivity index (χ1) is 33.1. The lowest BCUT2D eigenvalue weighted by Gasteiger charge is -2.29. The van der Waals surface area contributed by atoms with Gasteiger partial charge < -0.3 is 9.80 Å². The second-order valence-electron chi connectivity index (χ2n) is 18.8. The molecule has 0 saturated carbocycles. The molecule has 0 fully saturated rings. The van der Waals surface area contributed by atoms with Gasteiger partial charge in [0.05, 0.1) is 0 Å². The molecule has 0 aromatic heterocycles. The van der Waals surface area contributed by atoms with E-state index in [1.807, 2.05) is 12.2 Å². The molecule has 0 unspecified atom stereocenters. The summed E-state index contributed by atoms with van der Waals surface area (Å²) in [6, 6.07) is 84.2. The van der Waals surface area contributed by atoms with E-state index in [9.17, 15) is 0 Å². The SMILES string of the molecule is C=Cc1ccc(C(C)(C)c2ccc(N(c3ccc(-c4ccc(N(c5ccc(C(C)(C)c6ccc(C=C)cc6)cc5)c5ccc6ccccc6c5)cc4)cc3)c3ccc4ccccc4c3)cc2)cc1. The van der Waals surface area contributed by atoms with Crippen LogP contribution in [0.25, 0.3) is 44.8 Å². The van der Waals surface area contributed by atoms with Crippen LogP contribution in [-0.2, 0) is 10.8 Å². The zero-order chi connectivity index (χ0) is 46.8. The van der Waals surface area contributed by atoms with Crippen LogP contribution in [0.15, 0.2) is 244 Å². The number of anilines is 6. The van der Waals surface area contributed by atoms with Crippen molar-refractivity contribution < 1.29 is 0 Å². The molecule has 0 radical (unpaired) electrons. The molecule has 0 N–H and O–H groups in total. The van der Waals surface area contributed by atoms with Gasteiger partial charge in [-0.2, -0.15) is 0 Å². The Labute approximate surface area is 402 Å². The van der Waals surface area contributed by atoms with Crippen molar-refractivity contribution in [2.45, 2.75) is 38.5 Å². The Morgan fingerprint density at radius 3 is 0.868 bits per heavy atom. The Morgan fingerprint density at radius 1 is 0.294 bits per heavy atom. The molecule has 0 bridgehead atoms. The van der Waals surface area contributed by atoms with Gasteiger partial charge in [-0.15, -0.1) is 0 Å². The van der Waals surface area contributed by atoms with E-state index >= 15 is 0 Å². The number of nitrogens with zero attached hydrogens (tertiary/aromatic N) is 2. The molecular formula is C66H56N2. The van der Waals surface area contributed by atoms with Gasteiger partial charge in [0, 0.05) is 45.0 Å². The lowest BCUT2D eigenvalue weighted by Crippen LogP contribution is -2.19. The van der Waals surface area contributed by atoms with Crippen molar-refractivity contribution in [1.29, 1.82) is 0 Å². The molecule has 0 atom stereocenters. The van der Waals surface area contributed by atoms with Crippen molar-refractivity contribution in [3.63, 3.8) is 0 Å². The van der Waals surface area contributed by atoms with Crippen LogP contribution in [0, 0.1) is 0 Å². The quantitative estimate of drug-likeness (QED) is 0.114. The standard InChI is InChI=1S/C66H56N2/c1-7-47-17-27-55(28-18-47)65(3,4)57-31-41-61(42-32-57)67(63-39-25-49-13-9-11-15-53(49)45-63)59-35-21-51(22-36-59)52-23-37-60(38-24-52)68(64-40-26-50-14-10-12-16-54(50)46-64)62-43-33-58(34-44-62)66(5,6)56-29-19-48(8-2)20-30-56/h7-46H,1-2H2,3-6H3. The van der Waals surface area contributed by atoms with Crippen LogP contribution in [0.4, 0.5) is 34.1 Å². The highest BCUT2D eigenvalue weighted by atomic mass is 15.1. The maximum Gasteiger partial charge on any atom is 0.0468 e. The molecule has 0 saturated heterocycles.